The zero-order valence-corrected chi connectivity index (χ0v) is 6.17. The molecule has 56 valence electrons. The van der Waals surface area contributed by atoms with Crippen molar-refractivity contribution in [1.29, 1.82) is 0 Å². The molecule has 3 N–H and O–H groups in total. The first-order chi connectivity index (χ1) is 4.83. The maximum Gasteiger partial charge on any atom is 0.0921 e. The summed E-state index contributed by atoms with van der Waals surface area (Å²) in [5.41, 5.74) is 6.62. The number of nitrogens with two attached hydrogens (primary N) is 1. The summed E-state index contributed by atoms with van der Waals surface area (Å²) in [5, 5.41) is 0. The van der Waals surface area contributed by atoms with E-state index in [9.17, 15) is 0 Å². The monoisotopic (exact) mass is 139 g/mol. The molecule has 1 aromatic rings. The quantitative estimate of drug-likeness (QED) is 0.642. The summed E-state index contributed by atoms with van der Waals surface area (Å²) >= 11 is 0. The Bertz CT molecular complexity index is 169. The van der Waals surface area contributed by atoms with E-state index in [2.05, 4.69) is 16.9 Å². The summed E-state index contributed by atoms with van der Waals surface area (Å²) in [7, 11) is 0. The van der Waals surface area contributed by atoms with Gasteiger partial charge in [-0.25, -0.2) is 4.98 Å². The second kappa shape index (κ2) is 3.37. The molecule has 1 unspecified atom stereocenters. The second-order valence-electron chi connectivity index (χ2n) is 2.62. The number of nitrogens with one attached hydrogen (secondary N) is 1. The van der Waals surface area contributed by atoms with Gasteiger partial charge in [-0.15, -0.1) is 0 Å². The van der Waals surface area contributed by atoms with Crippen LogP contribution in [0.1, 0.15) is 12.6 Å². The van der Waals surface area contributed by atoms with Crippen LogP contribution in [0.5, 0.6) is 0 Å². The predicted octanol–water partition coefficient (Wildman–Crippen LogP) is 0.547. The summed E-state index contributed by atoms with van der Waals surface area (Å²) in [5.74, 6) is 0.542. The molecular weight excluding hydrogens is 126 g/mol. The van der Waals surface area contributed by atoms with E-state index in [0.717, 1.165) is 18.7 Å². The summed E-state index contributed by atoms with van der Waals surface area (Å²) in [4.78, 5) is 6.95. The van der Waals surface area contributed by atoms with E-state index in [-0.39, 0.29) is 0 Å². The Morgan fingerprint density at radius 3 is 3.10 bits per heavy atom. The third kappa shape index (κ3) is 1.84. The van der Waals surface area contributed by atoms with E-state index in [1.54, 1.807) is 6.33 Å². The van der Waals surface area contributed by atoms with Crippen LogP contribution in [0, 0.1) is 5.92 Å². The van der Waals surface area contributed by atoms with Crippen molar-refractivity contribution in [3.8, 4) is 0 Å². The van der Waals surface area contributed by atoms with Crippen LogP contribution in [0.4, 0.5) is 0 Å². The molecule has 0 spiro atoms. The van der Waals surface area contributed by atoms with E-state index >= 15 is 0 Å². The number of imidazole rings is 1. The topological polar surface area (TPSA) is 54.7 Å². The lowest BCUT2D eigenvalue weighted by Gasteiger charge is -2.04. The van der Waals surface area contributed by atoms with Crippen LogP contribution < -0.4 is 5.73 Å². The highest BCUT2D eigenvalue weighted by atomic mass is 14.9. The Balaban J connectivity index is 2.40. The highest BCUT2D eigenvalue weighted by Crippen LogP contribution is 2.01. The summed E-state index contributed by atoms with van der Waals surface area (Å²) in [6.45, 7) is 2.86. The van der Waals surface area contributed by atoms with Gasteiger partial charge in [-0.1, -0.05) is 6.92 Å². The zero-order chi connectivity index (χ0) is 7.40. The van der Waals surface area contributed by atoms with Gasteiger partial charge in [0.05, 0.1) is 6.33 Å². The van der Waals surface area contributed by atoms with Crippen molar-refractivity contribution in [2.45, 2.75) is 13.3 Å². The molecule has 0 aromatic carbocycles. The molecule has 3 nitrogen and oxygen atoms in total. The molecule has 1 heterocycles. The van der Waals surface area contributed by atoms with Crippen LogP contribution in [-0.4, -0.2) is 16.5 Å². The number of hydrogen-bond acceptors (Lipinski definition) is 2. The minimum absolute atomic E-state index is 0.542. The number of rotatable bonds is 3. The molecule has 10 heavy (non-hydrogen) atoms. The third-order valence-electron chi connectivity index (χ3n) is 1.53. The molecule has 1 rings (SSSR count). The average molecular weight is 139 g/mol. The molecule has 3 heteroatoms. The Labute approximate surface area is 60.7 Å². The van der Waals surface area contributed by atoms with Gasteiger partial charge >= 0.3 is 0 Å². The molecule has 0 saturated heterocycles. The minimum atomic E-state index is 0.542. The van der Waals surface area contributed by atoms with E-state index < -0.39 is 0 Å². The summed E-state index contributed by atoms with van der Waals surface area (Å²) < 4.78 is 0. The van der Waals surface area contributed by atoms with Crippen molar-refractivity contribution < 1.29 is 0 Å². The number of aromatic nitrogens is 2. The van der Waals surface area contributed by atoms with Gasteiger partial charge in [0.2, 0.25) is 0 Å². The van der Waals surface area contributed by atoms with Crippen LogP contribution in [0.2, 0.25) is 0 Å². The Morgan fingerprint density at radius 1 is 1.80 bits per heavy atom. The molecule has 0 aliphatic carbocycles. The lowest BCUT2D eigenvalue weighted by Crippen LogP contribution is -2.13. The largest absolute Gasteiger partial charge is 0.348 e. The van der Waals surface area contributed by atoms with Gasteiger partial charge in [0.1, 0.15) is 0 Å². The van der Waals surface area contributed by atoms with Crippen molar-refractivity contribution in [2.24, 2.45) is 11.7 Å². The van der Waals surface area contributed by atoms with E-state index in [4.69, 9.17) is 5.73 Å². The van der Waals surface area contributed by atoms with E-state index in [1.165, 1.54) is 0 Å². The second-order valence-corrected chi connectivity index (χ2v) is 2.62. The fourth-order valence-electron chi connectivity index (χ4n) is 0.855. The van der Waals surface area contributed by atoms with Crippen LogP contribution in [0.15, 0.2) is 12.5 Å². The van der Waals surface area contributed by atoms with Crippen molar-refractivity contribution >= 4 is 0 Å². The highest BCUT2D eigenvalue weighted by molar-refractivity contribution is 4.95. The standard InChI is InChI=1S/C7H13N3/c1-6(3-8)2-7-4-9-5-10-7/h4-6H,2-3,8H2,1H3,(H,9,10). The third-order valence-corrected chi connectivity index (χ3v) is 1.53. The average Bonchev–Trinajstić information content (AvgIpc) is 2.40. The van der Waals surface area contributed by atoms with Gasteiger partial charge in [-0.05, 0) is 18.9 Å². The number of nitrogens with zero attached hydrogens (tertiary/aromatic N) is 1. The zero-order valence-electron chi connectivity index (χ0n) is 6.17. The molecule has 1 atom stereocenters. The number of hydrogen-bond donors (Lipinski definition) is 2. The van der Waals surface area contributed by atoms with Crippen LogP contribution in [0.3, 0.4) is 0 Å². The van der Waals surface area contributed by atoms with Gasteiger partial charge in [0.25, 0.3) is 0 Å². The first-order valence-electron chi connectivity index (χ1n) is 3.50. The maximum atomic E-state index is 5.45. The predicted molar refractivity (Wildman–Crippen MR) is 40.5 cm³/mol. The summed E-state index contributed by atoms with van der Waals surface area (Å²) in [6.07, 6.45) is 4.53. The molecule has 0 fully saturated rings. The SMILES string of the molecule is CC(CN)Cc1cnc[nH]1. The minimum Gasteiger partial charge on any atom is -0.348 e. The molecule has 0 amide bonds. The maximum absolute atomic E-state index is 5.45. The van der Waals surface area contributed by atoms with Crippen LogP contribution in [0.25, 0.3) is 0 Å². The van der Waals surface area contributed by atoms with E-state index in [0.29, 0.717) is 5.92 Å². The van der Waals surface area contributed by atoms with Crippen LogP contribution >= 0.6 is 0 Å². The lowest BCUT2D eigenvalue weighted by atomic mass is 10.1. The van der Waals surface area contributed by atoms with Crippen molar-refractivity contribution in [1.82, 2.24) is 9.97 Å². The summed E-state index contributed by atoms with van der Waals surface area (Å²) in [6, 6.07) is 0. The van der Waals surface area contributed by atoms with Gasteiger partial charge in [-0.2, -0.15) is 0 Å². The molecular formula is C7H13N3. The Morgan fingerprint density at radius 2 is 2.60 bits per heavy atom. The van der Waals surface area contributed by atoms with Gasteiger partial charge in [-0.3, -0.25) is 0 Å². The van der Waals surface area contributed by atoms with Gasteiger partial charge in [0.15, 0.2) is 0 Å². The van der Waals surface area contributed by atoms with Crippen molar-refractivity contribution in [3.63, 3.8) is 0 Å². The molecule has 0 radical (unpaired) electrons. The van der Waals surface area contributed by atoms with Gasteiger partial charge in [0, 0.05) is 11.9 Å². The normalized spacial score (nSPS) is 13.4. The first-order valence-corrected chi connectivity index (χ1v) is 3.50. The molecule has 0 bridgehead atoms. The smallest absolute Gasteiger partial charge is 0.0921 e. The highest BCUT2D eigenvalue weighted by Gasteiger charge is 2.00. The fraction of sp³-hybridized carbons (Fsp3) is 0.571. The number of H-pyrrole nitrogens is 1. The molecule has 0 saturated carbocycles. The Hall–Kier alpha value is -0.830. The van der Waals surface area contributed by atoms with Crippen molar-refractivity contribution in [2.75, 3.05) is 6.54 Å². The van der Waals surface area contributed by atoms with Crippen LogP contribution in [-0.2, 0) is 6.42 Å². The fourth-order valence-corrected chi connectivity index (χ4v) is 0.855. The number of aromatic amines is 1. The first kappa shape index (κ1) is 7.28. The van der Waals surface area contributed by atoms with Gasteiger partial charge < -0.3 is 10.7 Å². The molecule has 0 aliphatic rings. The molecule has 1 aromatic heterocycles. The van der Waals surface area contributed by atoms with E-state index in [1.807, 2.05) is 6.20 Å². The lowest BCUT2D eigenvalue weighted by molar-refractivity contribution is 0.586. The molecule has 0 aliphatic heterocycles. The Kier molecular flexibility index (Phi) is 2.45. The van der Waals surface area contributed by atoms with Crippen molar-refractivity contribution in [3.05, 3.63) is 18.2 Å².